The number of nitrogens with two attached hydrogens (primary N) is 1. The molecule has 2 N–H and O–H groups in total. The Morgan fingerprint density at radius 3 is 2.19 bits per heavy atom. The maximum Gasteiger partial charge on any atom is 0.0411 e. The van der Waals surface area contributed by atoms with Gasteiger partial charge in [0.2, 0.25) is 0 Å². The molecule has 1 aromatic rings. The lowest BCUT2D eigenvalue weighted by Gasteiger charge is -2.30. The molecule has 0 saturated carbocycles. The average molecular weight is 220 g/mol. The van der Waals surface area contributed by atoms with Gasteiger partial charge in [-0.3, -0.25) is 0 Å². The van der Waals surface area contributed by atoms with E-state index in [4.69, 9.17) is 5.73 Å². The third-order valence-corrected chi connectivity index (χ3v) is 3.00. The molecule has 0 aliphatic carbocycles. The number of hydrogen-bond acceptors (Lipinski definition) is 2. The van der Waals surface area contributed by atoms with E-state index in [0.717, 1.165) is 6.42 Å². The average Bonchev–Trinajstić information content (AvgIpc) is 2.25. The Labute approximate surface area is 99.5 Å². The van der Waals surface area contributed by atoms with Crippen molar-refractivity contribution in [3.8, 4) is 0 Å². The predicted molar refractivity (Wildman–Crippen MR) is 71.9 cm³/mol. The first-order valence-corrected chi connectivity index (χ1v) is 6.04. The van der Waals surface area contributed by atoms with Gasteiger partial charge in [-0.15, -0.1) is 0 Å². The van der Waals surface area contributed by atoms with Crippen molar-refractivity contribution in [2.24, 2.45) is 11.7 Å². The Balaban J connectivity index is 2.74. The highest BCUT2D eigenvalue weighted by Gasteiger charge is 2.14. The van der Waals surface area contributed by atoms with Gasteiger partial charge in [0, 0.05) is 25.3 Å². The van der Waals surface area contributed by atoms with Gasteiger partial charge in [-0.25, -0.2) is 0 Å². The fourth-order valence-corrected chi connectivity index (χ4v) is 1.95. The van der Waals surface area contributed by atoms with Crippen LogP contribution in [0.25, 0.3) is 0 Å². The van der Waals surface area contributed by atoms with Crippen LogP contribution in [0.5, 0.6) is 0 Å². The zero-order chi connectivity index (χ0) is 12.1. The standard InChI is InChI=1S/C14H24N2/c1-11(2)9-14(10-15)16(4)13-7-5-12(3)6-8-13/h5-8,11,14H,9-10,15H2,1-4H3. The molecule has 1 rings (SSSR count). The number of aryl methyl sites for hydroxylation is 1. The van der Waals surface area contributed by atoms with Crippen LogP contribution < -0.4 is 10.6 Å². The minimum atomic E-state index is 0.433. The maximum atomic E-state index is 5.85. The zero-order valence-corrected chi connectivity index (χ0v) is 10.9. The van der Waals surface area contributed by atoms with Gasteiger partial charge in [-0.2, -0.15) is 0 Å². The van der Waals surface area contributed by atoms with Crippen LogP contribution >= 0.6 is 0 Å². The Morgan fingerprint density at radius 2 is 1.75 bits per heavy atom. The molecular formula is C14H24N2. The first-order chi connectivity index (χ1) is 7.54. The lowest BCUT2D eigenvalue weighted by atomic mass is 10.0. The monoisotopic (exact) mass is 220 g/mol. The summed E-state index contributed by atoms with van der Waals surface area (Å²) in [5.74, 6) is 0.682. The number of anilines is 1. The topological polar surface area (TPSA) is 29.3 Å². The summed E-state index contributed by atoms with van der Waals surface area (Å²) in [7, 11) is 2.13. The Kier molecular flexibility index (Phi) is 4.81. The molecule has 0 amide bonds. The van der Waals surface area contributed by atoms with E-state index in [1.807, 2.05) is 0 Å². The fourth-order valence-electron chi connectivity index (χ4n) is 1.95. The van der Waals surface area contributed by atoms with Crippen LogP contribution in [0.1, 0.15) is 25.8 Å². The Morgan fingerprint density at radius 1 is 1.19 bits per heavy atom. The van der Waals surface area contributed by atoms with Crippen LogP contribution in [0.15, 0.2) is 24.3 Å². The van der Waals surface area contributed by atoms with Gasteiger partial charge in [0.25, 0.3) is 0 Å². The summed E-state index contributed by atoms with van der Waals surface area (Å²) in [5.41, 5.74) is 8.40. The van der Waals surface area contributed by atoms with Crippen LogP contribution in [0, 0.1) is 12.8 Å². The molecule has 0 aromatic heterocycles. The Hall–Kier alpha value is -1.02. The van der Waals surface area contributed by atoms with Crippen LogP contribution in [-0.2, 0) is 0 Å². The molecule has 1 aromatic carbocycles. The lowest BCUT2D eigenvalue weighted by Crippen LogP contribution is -2.38. The summed E-state index contributed by atoms with van der Waals surface area (Å²) < 4.78 is 0. The van der Waals surface area contributed by atoms with Gasteiger partial charge >= 0.3 is 0 Å². The SMILES string of the molecule is Cc1ccc(N(C)C(CN)CC(C)C)cc1. The summed E-state index contributed by atoms with van der Waals surface area (Å²) in [6.45, 7) is 7.30. The zero-order valence-electron chi connectivity index (χ0n) is 10.9. The molecule has 0 bridgehead atoms. The van der Waals surface area contributed by atoms with Crippen LogP contribution in [0.4, 0.5) is 5.69 Å². The minimum Gasteiger partial charge on any atom is -0.370 e. The molecule has 0 fully saturated rings. The number of likely N-dealkylation sites (N-methyl/N-ethyl adjacent to an activating group) is 1. The molecule has 2 heteroatoms. The first kappa shape index (κ1) is 13.0. The molecule has 1 unspecified atom stereocenters. The van der Waals surface area contributed by atoms with Gasteiger partial charge in [0.1, 0.15) is 0 Å². The second-order valence-electron chi connectivity index (χ2n) is 4.97. The van der Waals surface area contributed by atoms with Gasteiger partial charge < -0.3 is 10.6 Å². The summed E-state index contributed by atoms with van der Waals surface area (Å²) in [6, 6.07) is 9.06. The largest absolute Gasteiger partial charge is 0.370 e. The number of benzene rings is 1. The van der Waals surface area contributed by atoms with Crippen LogP contribution in [0.3, 0.4) is 0 Å². The second kappa shape index (κ2) is 5.90. The fraction of sp³-hybridized carbons (Fsp3) is 0.571. The maximum absolute atomic E-state index is 5.85. The minimum absolute atomic E-state index is 0.433. The van der Waals surface area contributed by atoms with Gasteiger partial charge in [0.05, 0.1) is 0 Å². The van der Waals surface area contributed by atoms with Crippen molar-refractivity contribution in [3.63, 3.8) is 0 Å². The second-order valence-corrected chi connectivity index (χ2v) is 4.97. The molecule has 0 aliphatic rings. The van der Waals surface area contributed by atoms with Crippen molar-refractivity contribution in [1.82, 2.24) is 0 Å². The third kappa shape index (κ3) is 3.53. The smallest absolute Gasteiger partial charge is 0.0411 e. The molecule has 0 radical (unpaired) electrons. The van der Waals surface area contributed by atoms with Gasteiger partial charge in [-0.05, 0) is 31.4 Å². The first-order valence-electron chi connectivity index (χ1n) is 6.04. The van der Waals surface area contributed by atoms with Gasteiger partial charge in [-0.1, -0.05) is 31.5 Å². The van der Waals surface area contributed by atoms with Crippen LogP contribution in [0.2, 0.25) is 0 Å². The highest BCUT2D eigenvalue weighted by atomic mass is 15.1. The summed E-state index contributed by atoms with van der Waals surface area (Å²) in [5, 5.41) is 0. The molecule has 0 heterocycles. The summed E-state index contributed by atoms with van der Waals surface area (Å²) >= 11 is 0. The molecule has 16 heavy (non-hydrogen) atoms. The number of rotatable bonds is 5. The van der Waals surface area contributed by atoms with Crippen molar-refractivity contribution >= 4 is 5.69 Å². The molecule has 1 atom stereocenters. The van der Waals surface area contributed by atoms with Crippen molar-refractivity contribution in [2.45, 2.75) is 33.2 Å². The third-order valence-electron chi connectivity index (χ3n) is 3.00. The lowest BCUT2D eigenvalue weighted by molar-refractivity contribution is 0.485. The highest BCUT2D eigenvalue weighted by Crippen LogP contribution is 2.19. The molecule has 0 saturated heterocycles. The summed E-state index contributed by atoms with van der Waals surface area (Å²) in [6.07, 6.45) is 1.14. The van der Waals surface area contributed by atoms with E-state index in [1.54, 1.807) is 0 Å². The van der Waals surface area contributed by atoms with E-state index in [-0.39, 0.29) is 0 Å². The normalized spacial score (nSPS) is 12.9. The van der Waals surface area contributed by atoms with Crippen molar-refractivity contribution in [2.75, 3.05) is 18.5 Å². The molecule has 0 aliphatic heterocycles. The molecule has 2 nitrogen and oxygen atoms in total. The molecule has 0 spiro atoms. The Bertz CT molecular complexity index is 303. The van der Waals surface area contributed by atoms with E-state index in [9.17, 15) is 0 Å². The van der Waals surface area contributed by atoms with E-state index in [2.05, 4.69) is 57.0 Å². The molecular weight excluding hydrogens is 196 g/mol. The van der Waals surface area contributed by atoms with E-state index in [1.165, 1.54) is 11.3 Å². The predicted octanol–water partition coefficient (Wildman–Crippen LogP) is 2.80. The van der Waals surface area contributed by atoms with Gasteiger partial charge in [0.15, 0.2) is 0 Å². The van der Waals surface area contributed by atoms with Crippen molar-refractivity contribution in [1.29, 1.82) is 0 Å². The van der Waals surface area contributed by atoms with Crippen LogP contribution in [-0.4, -0.2) is 19.6 Å². The van der Waals surface area contributed by atoms with Crippen molar-refractivity contribution in [3.05, 3.63) is 29.8 Å². The number of hydrogen-bond donors (Lipinski definition) is 1. The van der Waals surface area contributed by atoms with E-state index >= 15 is 0 Å². The summed E-state index contributed by atoms with van der Waals surface area (Å²) in [4.78, 5) is 2.29. The quantitative estimate of drug-likeness (QED) is 0.826. The van der Waals surface area contributed by atoms with Crippen molar-refractivity contribution < 1.29 is 0 Å². The van der Waals surface area contributed by atoms with E-state index < -0.39 is 0 Å². The van der Waals surface area contributed by atoms with E-state index in [0.29, 0.717) is 18.5 Å². The highest BCUT2D eigenvalue weighted by molar-refractivity contribution is 5.47. The molecule has 90 valence electrons. The number of nitrogens with zero attached hydrogens (tertiary/aromatic N) is 1.